The first-order chi connectivity index (χ1) is 12.3. The number of carbonyl (C=O) groups is 2. The molecular weight excluding hydrogens is 344 g/mol. The number of carbonyl (C=O) groups excluding carboxylic acids is 2. The number of nitrogens with one attached hydrogen (secondary N) is 1. The van der Waals surface area contributed by atoms with Gasteiger partial charge in [0.1, 0.15) is 23.2 Å². The van der Waals surface area contributed by atoms with Crippen LogP contribution in [0.2, 0.25) is 0 Å². The molecular formula is C16H22N4O6. The molecule has 2 rings (SSSR count). The van der Waals surface area contributed by atoms with E-state index in [4.69, 9.17) is 19.0 Å². The van der Waals surface area contributed by atoms with Gasteiger partial charge in [0, 0.05) is 6.54 Å². The van der Waals surface area contributed by atoms with E-state index in [1.165, 1.54) is 0 Å². The first-order valence-electron chi connectivity index (χ1n) is 8.05. The number of hydrogen-bond donors (Lipinski definition) is 1. The number of amides is 1. The van der Waals surface area contributed by atoms with Crippen molar-refractivity contribution in [3.8, 4) is 0 Å². The summed E-state index contributed by atoms with van der Waals surface area (Å²) in [4.78, 5) is 28.9. The molecule has 0 saturated carbocycles. The maximum atomic E-state index is 11.6. The Bertz CT molecular complexity index is 740. The van der Waals surface area contributed by atoms with Gasteiger partial charge in [-0.1, -0.05) is 17.0 Å². The van der Waals surface area contributed by atoms with E-state index in [0.717, 1.165) is 4.85 Å². The van der Waals surface area contributed by atoms with Crippen LogP contribution >= 0.6 is 0 Å². The fourth-order valence-electron chi connectivity index (χ4n) is 1.84. The highest BCUT2D eigenvalue weighted by Crippen LogP contribution is 2.08. The Morgan fingerprint density at radius 1 is 1.15 bits per heavy atom. The molecule has 1 aromatic carbocycles. The van der Waals surface area contributed by atoms with E-state index >= 15 is 0 Å². The molecule has 142 valence electrons. The third kappa shape index (κ3) is 6.55. The second-order valence-corrected chi connectivity index (χ2v) is 6.18. The second-order valence-electron chi connectivity index (χ2n) is 6.18. The van der Waals surface area contributed by atoms with E-state index in [2.05, 4.69) is 15.6 Å². The van der Waals surface area contributed by atoms with Crippen molar-refractivity contribution in [2.45, 2.75) is 26.4 Å². The minimum Gasteiger partial charge on any atom is -0.444 e. The van der Waals surface area contributed by atoms with Gasteiger partial charge in [0.15, 0.2) is 0 Å². The van der Waals surface area contributed by atoms with E-state index in [9.17, 15) is 9.59 Å². The predicted molar refractivity (Wildman–Crippen MR) is 90.5 cm³/mol. The Labute approximate surface area is 150 Å². The van der Waals surface area contributed by atoms with Crippen molar-refractivity contribution in [3.05, 3.63) is 24.3 Å². The lowest BCUT2D eigenvalue weighted by molar-refractivity contribution is 0.0170. The third-order valence-electron chi connectivity index (χ3n) is 2.84. The van der Waals surface area contributed by atoms with Gasteiger partial charge in [0.2, 0.25) is 0 Å². The van der Waals surface area contributed by atoms with Crippen molar-refractivity contribution in [2.75, 3.05) is 26.4 Å². The Morgan fingerprint density at radius 2 is 1.92 bits per heavy atom. The van der Waals surface area contributed by atoms with Gasteiger partial charge in [-0.05, 0) is 38.1 Å². The van der Waals surface area contributed by atoms with E-state index in [1.807, 2.05) is 0 Å². The number of benzene rings is 1. The molecule has 0 bridgehead atoms. The molecule has 26 heavy (non-hydrogen) atoms. The van der Waals surface area contributed by atoms with Crippen molar-refractivity contribution in [1.29, 1.82) is 0 Å². The van der Waals surface area contributed by atoms with Crippen LogP contribution in [0.1, 0.15) is 20.8 Å². The zero-order valence-corrected chi connectivity index (χ0v) is 14.9. The lowest BCUT2D eigenvalue weighted by Gasteiger charge is -2.19. The second kappa shape index (κ2) is 8.99. The van der Waals surface area contributed by atoms with Crippen LogP contribution in [-0.4, -0.2) is 59.4 Å². The fraction of sp³-hybridized carbons (Fsp3) is 0.500. The molecule has 0 aliphatic carbocycles. The van der Waals surface area contributed by atoms with Gasteiger partial charge < -0.3 is 19.5 Å². The summed E-state index contributed by atoms with van der Waals surface area (Å²) in [6, 6.07) is 7.03. The predicted octanol–water partition coefficient (Wildman–Crippen LogP) is 1.54. The monoisotopic (exact) mass is 366 g/mol. The average Bonchev–Trinajstić information content (AvgIpc) is 2.95. The van der Waals surface area contributed by atoms with Crippen molar-refractivity contribution in [3.63, 3.8) is 0 Å². The zero-order valence-electron chi connectivity index (χ0n) is 14.9. The quantitative estimate of drug-likeness (QED) is 0.446. The van der Waals surface area contributed by atoms with Crippen LogP contribution in [0.3, 0.4) is 0 Å². The number of ether oxygens (including phenoxy) is 3. The maximum Gasteiger partial charge on any atom is 0.535 e. The maximum absolute atomic E-state index is 11.6. The first-order valence-corrected chi connectivity index (χ1v) is 8.05. The topological polar surface area (TPSA) is 114 Å². The van der Waals surface area contributed by atoms with Crippen LogP contribution in [0.15, 0.2) is 24.3 Å². The van der Waals surface area contributed by atoms with Crippen LogP contribution in [0.5, 0.6) is 0 Å². The van der Waals surface area contributed by atoms with Crippen LogP contribution in [-0.2, 0) is 14.2 Å². The molecule has 0 fully saturated rings. The molecule has 2 aromatic rings. The molecule has 1 N–H and O–H groups in total. The van der Waals surface area contributed by atoms with E-state index in [1.54, 1.807) is 45.0 Å². The van der Waals surface area contributed by atoms with E-state index < -0.39 is 17.8 Å². The standard InChI is InChI=1S/C16H22N4O6/c1-16(2,3)25-14(21)17-8-9-23-10-11-24-15(22)26-20-13-7-5-4-6-12(13)18-19-20/h4-7H,8-11H2,1-3H3,(H,17,21). The highest BCUT2D eigenvalue weighted by atomic mass is 16.8. The molecule has 0 unspecified atom stereocenters. The van der Waals surface area contributed by atoms with Crippen LogP contribution in [0.25, 0.3) is 11.0 Å². The van der Waals surface area contributed by atoms with Crippen molar-refractivity contribution < 1.29 is 28.6 Å². The minimum atomic E-state index is -0.920. The molecule has 0 aliphatic rings. The summed E-state index contributed by atoms with van der Waals surface area (Å²) in [6.07, 6.45) is -1.43. The van der Waals surface area contributed by atoms with Gasteiger partial charge in [-0.3, -0.25) is 4.84 Å². The molecule has 0 atom stereocenters. The number of fused-ring (bicyclic) bond motifs is 1. The van der Waals surface area contributed by atoms with Crippen LogP contribution in [0, 0.1) is 0 Å². The van der Waals surface area contributed by atoms with E-state index in [-0.39, 0.29) is 26.4 Å². The van der Waals surface area contributed by atoms with Gasteiger partial charge in [-0.2, -0.15) is 0 Å². The number of para-hydroxylation sites is 1. The number of nitrogens with zero attached hydrogens (tertiary/aromatic N) is 3. The average molecular weight is 366 g/mol. The van der Waals surface area contributed by atoms with Gasteiger partial charge in [0.05, 0.1) is 13.2 Å². The fourth-order valence-corrected chi connectivity index (χ4v) is 1.84. The molecule has 0 aliphatic heterocycles. The molecule has 0 spiro atoms. The lowest BCUT2D eigenvalue weighted by Crippen LogP contribution is -2.34. The highest BCUT2D eigenvalue weighted by Gasteiger charge is 2.15. The molecule has 0 saturated heterocycles. The summed E-state index contributed by atoms with van der Waals surface area (Å²) in [5, 5.41) is 10.1. The largest absolute Gasteiger partial charge is 0.535 e. The number of aromatic nitrogens is 3. The number of alkyl carbamates (subject to hydrolysis) is 1. The summed E-state index contributed by atoms with van der Waals surface area (Å²) in [6.45, 7) is 6.03. The summed E-state index contributed by atoms with van der Waals surface area (Å²) in [5.74, 6) is 0. The van der Waals surface area contributed by atoms with Crippen molar-refractivity contribution >= 4 is 23.3 Å². The Hall–Kier alpha value is -2.88. The normalized spacial score (nSPS) is 11.2. The smallest absolute Gasteiger partial charge is 0.444 e. The summed E-state index contributed by atoms with van der Waals surface area (Å²) in [7, 11) is 0. The molecule has 10 heteroatoms. The molecule has 1 heterocycles. The van der Waals surface area contributed by atoms with Crippen molar-refractivity contribution in [1.82, 2.24) is 20.5 Å². The summed E-state index contributed by atoms with van der Waals surface area (Å²) in [5.41, 5.74) is 0.601. The third-order valence-corrected chi connectivity index (χ3v) is 2.84. The number of hydrogen-bond acceptors (Lipinski definition) is 8. The van der Waals surface area contributed by atoms with Gasteiger partial charge >= 0.3 is 12.2 Å². The Morgan fingerprint density at radius 3 is 2.69 bits per heavy atom. The first kappa shape index (κ1) is 19.4. The van der Waals surface area contributed by atoms with Crippen molar-refractivity contribution in [2.24, 2.45) is 0 Å². The molecule has 1 aromatic heterocycles. The van der Waals surface area contributed by atoms with Crippen LogP contribution in [0.4, 0.5) is 9.59 Å². The molecule has 1 amide bonds. The lowest BCUT2D eigenvalue weighted by atomic mass is 10.2. The summed E-state index contributed by atoms with van der Waals surface area (Å²) >= 11 is 0. The van der Waals surface area contributed by atoms with Gasteiger partial charge in [-0.15, -0.1) is 5.10 Å². The van der Waals surface area contributed by atoms with E-state index in [0.29, 0.717) is 11.0 Å². The summed E-state index contributed by atoms with van der Waals surface area (Å²) < 4.78 is 15.2. The number of rotatable bonds is 7. The Kier molecular flexibility index (Phi) is 6.73. The highest BCUT2D eigenvalue weighted by molar-refractivity contribution is 5.74. The zero-order chi connectivity index (χ0) is 19.0. The minimum absolute atomic E-state index is 0.00208. The van der Waals surface area contributed by atoms with Gasteiger partial charge in [0.25, 0.3) is 0 Å². The van der Waals surface area contributed by atoms with Gasteiger partial charge in [-0.25, -0.2) is 9.59 Å². The van der Waals surface area contributed by atoms with Crippen LogP contribution < -0.4 is 10.2 Å². The molecule has 10 nitrogen and oxygen atoms in total. The SMILES string of the molecule is CC(C)(C)OC(=O)NCCOCCOC(=O)On1nnc2ccccc21. The Balaban J connectivity index is 1.56. The molecule has 0 radical (unpaired) electrons.